The van der Waals surface area contributed by atoms with Gasteiger partial charge in [0.05, 0.1) is 33.5 Å². The molecular formula is C46H28N4S. The van der Waals surface area contributed by atoms with Gasteiger partial charge in [-0.3, -0.25) is 4.57 Å². The van der Waals surface area contributed by atoms with Crippen LogP contribution in [-0.4, -0.2) is 19.1 Å². The maximum atomic E-state index is 5.28. The second kappa shape index (κ2) is 11.0. The third-order valence-electron chi connectivity index (χ3n) is 10.1. The van der Waals surface area contributed by atoms with Crippen LogP contribution in [0.5, 0.6) is 0 Å². The number of aromatic nitrogens is 4. The van der Waals surface area contributed by atoms with Crippen molar-refractivity contribution in [3.05, 3.63) is 170 Å². The molecular weight excluding hydrogens is 641 g/mol. The Hall–Kier alpha value is -6.56. The highest BCUT2D eigenvalue weighted by molar-refractivity contribution is 7.25. The molecule has 0 saturated heterocycles. The summed E-state index contributed by atoms with van der Waals surface area (Å²) >= 11 is 1.87. The van der Waals surface area contributed by atoms with Crippen molar-refractivity contribution in [3.63, 3.8) is 0 Å². The van der Waals surface area contributed by atoms with Gasteiger partial charge in [0.2, 0.25) is 5.95 Å². The van der Waals surface area contributed by atoms with Crippen LogP contribution >= 0.6 is 11.3 Å². The number of hydrogen-bond donors (Lipinski definition) is 0. The number of benzene rings is 7. The maximum Gasteiger partial charge on any atom is 0.235 e. The van der Waals surface area contributed by atoms with Crippen molar-refractivity contribution < 1.29 is 0 Å². The average molecular weight is 669 g/mol. The normalized spacial score (nSPS) is 11.9. The average Bonchev–Trinajstić information content (AvgIpc) is 3.83. The zero-order valence-corrected chi connectivity index (χ0v) is 28.2. The lowest BCUT2D eigenvalue weighted by atomic mass is 10.1. The molecule has 0 aliphatic carbocycles. The number of fused-ring (bicyclic) bond motifs is 9. The van der Waals surface area contributed by atoms with Crippen molar-refractivity contribution in [1.29, 1.82) is 0 Å². The zero-order chi connectivity index (χ0) is 33.5. The van der Waals surface area contributed by atoms with E-state index < -0.39 is 0 Å². The Labute approximate surface area is 297 Å². The van der Waals surface area contributed by atoms with Crippen LogP contribution in [-0.2, 0) is 0 Å². The molecule has 0 saturated carbocycles. The topological polar surface area (TPSA) is 35.6 Å². The maximum absolute atomic E-state index is 5.28. The smallest absolute Gasteiger partial charge is 0.235 e. The predicted octanol–water partition coefficient (Wildman–Crippen LogP) is 12.4. The first-order valence-electron chi connectivity index (χ1n) is 17.2. The lowest BCUT2D eigenvalue weighted by molar-refractivity contribution is 0.995. The third-order valence-corrected chi connectivity index (χ3v) is 11.3. The highest BCUT2D eigenvalue weighted by Crippen LogP contribution is 2.43. The lowest BCUT2D eigenvalue weighted by Gasteiger charge is -2.12. The van der Waals surface area contributed by atoms with E-state index in [0.29, 0.717) is 5.95 Å². The molecule has 0 atom stereocenters. The molecule has 4 aromatic heterocycles. The predicted molar refractivity (Wildman–Crippen MR) is 214 cm³/mol. The van der Waals surface area contributed by atoms with E-state index in [-0.39, 0.29) is 0 Å². The van der Waals surface area contributed by atoms with Crippen molar-refractivity contribution in [2.24, 2.45) is 0 Å². The van der Waals surface area contributed by atoms with Gasteiger partial charge in [-0.1, -0.05) is 115 Å². The van der Waals surface area contributed by atoms with Gasteiger partial charge >= 0.3 is 0 Å². The number of thiophene rings is 1. The molecule has 5 heteroatoms. The van der Waals surface area contributed by atoms with Crippen LogP contribution in [0.25, 0.3) is 97.9 Å². The van der Waals surface area contributed by atoms with E-state index in [4.69, 9.17) is 9.97 Å². The van der Waals surface area contributed by atoms with Gasteiger partial charge in [0.15, 0.2) is 0 Å². The van der Waals surface area contributed by atoms with Crippen molar-refractivity contribution in [1.82, 2.24) is 19.1 Å². The summed E-state index contributed by atoms with van der Waals surface area (Å²) in [5.74, 6) is 0.648. The lowest BCUT2D eigenvalue weighted by Crippen LogP contribution is -2.04. The van der Waals surface area contributed by atoms with Crippen molar-refractivity contribution >= 4 is 75.1 Å². The molecule has 11 aromatic rings. The van der Waals surface area contributed by atoms with Crippen molar-refractivity contribution in [3.8, 4) is 34.2 Å². The summed E-state index contributed by atoms with van der Waals surface area (Å²) in [6.07, 6.45) is 0. The first-order chi connectivity index (χ1) is 25.3. The molecule has 11 rings (SSSR count). The Kier molecular flexibility index (Phi) is 6.09. The molecule has 7 aromatic carbocycles. The monoisotopic (exact) mass is 668 g/mol. The highest BCUT2D eigenvalue weighted by Gasteiger charge is 2.21. The fourth-order valence-corrected chi connectivity index (χ4v) is 8.94. The van der Waals surface area contributed by atoms with E-state index in [1.54, 1.807) is 0 Å². The minimum Gasteiger partial charge on any atom is -0.309 e. The van der Waals surface area contributed by atoms with Crippen LogP contribution in [0.3, 0.4) is 0 Å². The van der Waals surface area contributed by atoms with Gasteiger partial charge in [0, 0.05) is 58.5 Å². The Morgan fingerprint density at radius 2 is 0.902 bits per heavy atom. The Bertz CT molecular complexity index is 3060. The Morgan fingerprint density at radius 3 is 1.63 bits per heavy atom. The van der Waals surface area contributed by atoms with Crippen LogP contribution in [0, 0.1) is 0 Å². The summed E-state index contributed by atoms with van der Waals surface area (Å²) in [5.41, 5.74) is 9.51. The van der Waals surface area contributed by atoms with E-state index in [1.807, 2.05) is 23.5 Å². The van der Waals surface area contributed by atoms with E-state index >= 15 is 0 Å². The van der Waals surface area contributed by atoms with Gasteiger partial charge in [-0.15, -0.1) is 11.3 Å². The first-order valence-corrected chi connectivity index (χ1v) is 18.0. The fourth-order valence-electron chi connectivity index (χ4n) is 7.81. The van der Waals surface area contributed by atoms with E-state index in [9.17, 15) is 0 Å². The van der Waals surface area contributed by atoms with Gasteiger partial charge in [-0.05, 0) is 54.6 Å². The molecule has 0 spiro atoms. The molecule has 0 amide bonds. The van der Waals surface area contributed by atoms with Gasteiger partial charge < -0.3 is 4.57 Å². The molecule has 4 heterocycles. The molecule has 0 bridgehead atoms. The van der Waals surface area contributed by atoms with E-state index in [0.717, 1.165) is 44.8 Å². The second-order valence-corrected chi connectivity index (χ2v) is 14.1. The molecule has 0 unspecified atom stereocenters. The van der Waals surface area contributed by atoms with Gasteiger partial charge in [0.25, 0.3) is 0 Å². The van der Waals surface area contributed by atoms with Crippen LogP contribution < -0.4 is 0 Å². The number of para-hydroxylation sites is 2. The highest BCUT2D eigenvalue weighted by atomic mass is 32.1. The fraction of sp³-hybridized carbons (Fsp3) is 0. The third kappa shape index (κ3) is 4.32. The van der Waals surface area contributed by atoms with E-state index in [2.05, 4.69) is 167 Å². The summed E-state index contributed by atoms with van der Waals surface area (Å²) in [7, 11) is 0. The molecule has 0 radical (unpaired) electrons. The minimum absolute atomic E-state index is 0.648. The van der Waals surface area contributed by atoms with Gasteiger partial charge in [-0.2, -0.15) is 0 Å². The molecule has 238 valence electrons. The van der Waals surface area contributed by atoms with Crippen LogP contribution in [0.1, 0.15) is 0 Å². The molecule has 0 fully saturated rings. The van der Waals surface area contributed by atoms with Crippen molar-refractivity contribution in [2.75, 3.05) is 0 Å². The van der Waals surface area contributed by atoms with Crippen molar-refractivity contribution in [2.45, 2.75) is 0 Å². The molecule has 4 nitrogen and oxygen atoms in total. The summed E-state index contributed by atoms with van der Waals surface area (Å²) < 4.78 is 7.29. The Balaban J connectivity index is 1.27. The van der Waals surface area contributed by atoms with Crippen LogP contribution in [0.4, 0.5) is 0 Å². The minimum atomic E-state index is 0.648. The summed E-state index contributed by atoms with van der Waals surface area (Å²) in [6, 6.07) is 60.5. The van der Waals surface area contributed by atoms with Gasteiger partial charge in [-0.25, -0.2) is 9.97 Å². The molecule has 0 aliphatic heterocycles. The zero-order valence-electron chi connectivity index (χ0n) is 27.4. The summed E-state index contributed by atoms with van der Waals surface area (Å²) in [6.45, 7) is 0. The Morgan fingerprint density at radius 1 is 0.353 bits per heavy atom. The second-order valence-electron chi connectivity index (χ2n) is 13.0. The number of rotatable bonds is 4. The standard InChI is InChI=1S/C46H28N4S/c1-4-14-29(15-5-1)38-27-39(30-16-6-2-7-17-30)48-46(47-38)50-40-22-12-10-20-32(40)34-24-35-36-26-45-37(33-21-11-13-23-44(33)51-45)25-41(36)49(42(35)28-43(34)50)31-18-8-3-9-19-31/h1-28H. The first kappa shape index (κ1) is 28.3. The van der Waals surface area contributed by atoms with E-state index in [1.165, 1.54) is 47.2 Å². The molecule has 0 aliphatic rings. The van der Waals surface area contributed by atoms with Crippen LogP contribution in [0.15, 0.2) is 170 Å². The number of nitrogens with zero attached hydrogens (tertiary/aromatic N) is 4. The summed E-state index contributed by atoms with van der Waals surface area (Å²) in [5, 5.41) is 7.43. The SMILES string of the molecule is c1ccc(-c2cc(-c3ccccc3)nc(-n3c4ccccc4c4cc5c6cc7sc8ccccc8c7cc6n(-c6ccccc6)c5cc43)n2)cc1. The molecule has 51 heavy (non-hydrogen) atoms. The quantitative estimate of drug-likeness (QED) is 0.187. The molecule has 0 N–H and O–H groups in total. The van der Waals surface area contributed by atoms with Crippen LogP contribution in [0.2, 0.25) is 0 Å². The number of hydrogen-bond acceptors (Lipinski definition) is 3. The largest absolute Gasteiger partial charge is 0.309 e. The summed E-state index contributed by atoms with van der Waals surface area (Å²) in [4.78, 5) is 10.6. The van der Waals surface area contributed by atoms with Gasteiger partial charge in [0.1, 0.15) is 0 Å².